The fraction of sp³-hybridized carbons (Fsp3) is 0.250. The minimum absolute atomic E-state index is 0.0209. The third-order valence-electron chi connectivity index (χ3n) is 2.88. The number of aryl methyl sites for hydroxylation is 1. The Balaban J connectivity index is 1.96. The van der Waals surface area contributed by atoms with Gasteiger partial charge in [0.25, 0.3) is 0 Å². The van der Waals surface area contributed by atoms with Crippen molar-refractivity contribution in [3.63, 3.8) is 0 Å². The molecule has 2 nitrogen and oxygen atoms in total. The second-order valence-electron chi connectivity index (χ2n) is 4.71. The maximum Gasteiger partial charge on any atom is 0.141 e. The first-order valence-electron chi connectivity index (χ1n) is 6.47. The molecule has 2 rings (SSSR count). The van der Waals surface area contributed by atoms with Gasteiger partial charge in [-0.1, -0.05) is 45.7 Å². The molecular weight excluding hydrogens is 338 g/mol. The van der Waals surface area contributed by atoms with Crippen LogP contribution in [0.15, 0.2) is 46.9 Å². The van der Waals surface area contributed by atoms with Crippen molar-refractivity contribution in [2.75, 3.05) is 11.9 Å². The molecule has 0 bridgehead atoms. The molecule has 0 radical (unpaired) electrons. The molecule has 0 aromatic heterocycles. The van der Waals surface area contributed by atoms with Crippen LogP contribution in [0.2, 0.25) is 5.02 Å². The lowest BCUT2D eigenvalue weighted by Gasteiger charge is -2.19. The summed E-state index contributed by atoms with van der Waals surface area (Å²) in [7, 11) is 0. The van der Waals surface area contributed by atoms with Gasteiger partial charge in [-0.3, -0.25) is 0 Å². The SMILES string of the molecule is Cc1cc(Br)cc(Cl)c1OC(C)CNc1ccccc1. The first kappa shape index (κ1) is 15.2. The largest absolute Gasteiger partial charge is 0.487 e. The normalized spacial score (nSPS) is 12.0. The molecule has 0 amide bonds. The van der Waals surface area contributed by atoms with Crippen molar-refractivity contribution in [3.8, 4) is 5.75 Å². The van der Waals surface area contributed by atoms with Gasteiger partial charge in [-0.25, -0.2) is 0 Å². The lowest BCUT2D eigenvalue weighted by Crippen LogP contribution is -2.23. The van der Waals surface area contributed by atoms with Crippen LogP contribution >= 0.6 is 27.5 Å². The zero-order chi connectivity index (χ0) is 14.5. The second-order valence-corrected chi connectivity index (χ2v) is 6.03. The number of nitrogens with one attached hydrogen (secondary N) is 1. The highest BCUT2D eigenvalue weighted by molar-refractivity contribution is 9.10. The Kier molecular flexibility index (Phi) is 5.32. The maximum atomic E-state index is 6.22. The van der Waals surface area contributed by atoms with Gasteiger partial charge in [0.05, 0.1) is 11.6 Å². The molecule has 0 saturated carbocycles. The summed E-state index contributed by atoms with van der Waals surface area (Å²) >= 11 is 9.64. The van der Waals surface area contributed by atoms with Gasteiger partial charge in [-0.15, -0.1) is 0 Å². The number of rotatable bonds is 5. The van der Waals surface area contributed by atoms with E-state index in [-0.39, 0.29) is 6.10 Å². The standard InChI is InChI=1S/C16H17BrClNO/c1-11-8-13(17)9-15(18)16(11)20-12(2)10-19-14-6-4-3-5-7-14/h3-9,12,19H,10H2,1-2H3. The topological polar surface area (TPSA) is 21.3 Å². The number of ether oxygens (including phenoxy) is 1. The Morgan fingerprint density at radius 3 is 2.60 bits per heavy atom. The van der Waals surface area contributed by atoms with Crippen LogP contribution in [0.25, 0.3) is 0 Å². The average molecular weight is 355 g/mol. The Morgan fingerprint density at radius 2 is 1.95 bits per heavy atom. The summed E-state index contributed by atoms with van der Waals surface area (Å²) in [6.45, 7) is 4.73. The van der Waals surface area contributed by atoms with Crippen LogP contribution in [0.4, 0.5) is 5.69 Å². The van der Waals surface area contributed by atoms with E-state index in [1.165, 1.54) is 0 Å². The molecule has 0 aliphatic heterocycles. The van der Waals surface area contributed by atoms with Crippen LogP contribution in [0.1, 0.15) is 12.5 Å². The Hall–Kier alpha value is -1.19. The van der Waals surface area contributed by atoms with Gasteiger partial charge >= 0.3 is 0 Å². The van der Waals surface area contributed by atoms with E-state index in [1.807, 2.05) is 56.3 Å². The van der Waals surface area contributed by atoms with Crippen LogP contribution in [0.5, 0.6) is 5.75 Å². The van der Waals surface area contributed by atoms with Gasteiger partial charge in [0.15, 0.2) is 0 Å². The summed E-state index contributed by atoms with van der Waals surface area (Å²) in [6, 6.07) is 13.9. The lowest BCUT2D eigenvalue weighted by atomic mass is 10.2. The minimum Gasteiger partial charge on any atom is -0.487 e. The number of hydrogen-bond acceptors (Lipinski definition) is 2. The Morgan fingerprint density at radius 1 is 1.25 bits per heavy atom. The van der Waals surface area contributed by atoms with Crippen LogP contribution in [0.3, 0.4) is 0 Å². The summed E-state index contributed by atoms with van der Waals surface area (Å²) in [5.74, 6) is 0.747. The van der Waals surface area contributed by atoms with E-state index in [0.717, 1.165) is 28.0 Å². The van der Waals surface area contributed by atoms with E-state index < -0.39 is 0 Å². The molecule has 2 aromatic rings. The predicted octanol–water partition coefficient (Wildman–Crippen LogP) is 5.29. The number of para-hydroxylation sites is 1. The molecule has 0 aliphatic carbocycles. The third-order valence-corrected chi connectivity index (χ3v) is 3.62. The van der Waals surface area contributed by atoms with E-state index in [1.54, 1.807) is 0 Å². The quantitative estimate of drug-likeness (QED) is 0.787. The number of hydrogen-bond donors (Lipinski definition) is 1. The van der Waals surface area contributed by atoms with Gasteiger partial charge < -0.3 is 10.1 Å². The first-order chi connectivity index (χ1) is 9.56. The molecule has 4 heteroatoms. The number of halogens is 2. The highest BCUT2D eigenvalue weighted by Gasteiger charge is 2.11. The molecule has 0 heterocycles. The molecule has 1 N–H and O–H groups in total. The zero-order valence-electron chi connectivity index (χ0n) is 11.5. The fourth-order valence-electron chi connectivity index (χ4n) is 1.90. The average Bonchev–Trinajstić information content (AvgIpc) is 2.42. The van der Waals surface area contributed by atoms with E-state index in [0.29, 0.717) is 5.02 Å². The fourth-order valence-corrected chi connectivity index (χ4v) is 2.91. The first-order valence-corrected chi connectivity index (χ1v) is 7.64. The number of anilines is 1. The van der Waals surface area contributed by atoms with Crippen molar-refractivity contribution < 1.29 is 4.74 Å². The van der Waals surface area contributed by atoms with Crippen molar-refractivity contribution in [1.29, 1.82) is 0 Å². The zero-order valence-corrected chi connectivity index (χ0v) is 13.8. The van der Waals surface area contributed by atoms with E-state index in [4.69, 9.17) is 16.3 Å². The van der Waals surface area contributed by atoms with Crippen molar-refractivity contribution in [2.24, 2.45) is 0 Å². The molecular formula is C16H17BrClNO. The molecule has 1 unspecified atom stereocenters. The summed E-state index contributed by atoms with van der Waals surface area (Å²) < 4.78 is 6.90. The van der Waals surface area contributed by atoms with Crippen molar-refractivity contribution in [1.82, 2.24) is 0 Å². The van der Waals surface area contributed by atoms with Crippen LogP contribution < -0.4 is 10.1 Å². The molecule has 106 valence electrons. The summed E-state index contributed by atoms with van der Waals surface area (Å²) in [5, 5.41) is 3.97. The Bertz CT molecular complexity index is 551. The van der Waals surface area contributed by atoms with Crippen LogP contribution in [-0.4, -0.2) is 12.6 Å². The van der Waals surface area contributed by atoms with Crippen molar-refractivity contribution >= 4 is 33.2 Å². The van der Waals surface area contributed by atoms with E-state index >= 15 is 0 Å². The molecule has 20 heavy (non-hydrogen) atoms. The molecule has 0 aliphatic rings. The van der Waals surface area contributed by atoms with Gasteiger partial charge in [0.1, 0.15) is 11.9 Å². The molecule has 2 aromatic carbocycles. The molecule has 0 saturated heterocycles. The molecule has 0 spiro atoms. The third kappa shape index (κ3) is 4.15. The van der Waals surface area contributed by atoms with E-state index in [2.05, 4.69) is 21.2 Å². The van der Waals surface area contributed by atoms with Crippen molar-refractivity contribution in [3.05, 3.63) is 57.5 Å². The minimum atomic E-state index is 0.0209. The summed E-state index contributed by atoms with van der Waals surface area (Å²) in [5.41, 5.74) is 2.11. The monoisotopic (exact) mass is 353 g/mol. The maximum absolute atomic E-state index is 6.22. The van der Waals surface area contributed by atoms with Crippen molar-refractivity contribution in [2.45, 2.75) is 20.0 Å². The molecule has 0 fully saturated rings. The van der Waals surface area contributed by atoms with Gasteiger partial charge in [-0.05, 0) is 43.7 Å². The van der Waals surface area contributed by atoms with Crippen LogP contribution in [-0.2, 0) is 0 Å². The highest BCUT2D eigenvalue weighted by atomic mass is 79.9. The van der Waals surface area contributed by atoms with Gasteiger partial charge in [0.2, 0.25) is 0 Å². The summed E-state index contributed by atoms with van der Waals surface area (Å²) in [4.78, 5) is 0. The van der Waals surface area contributed by atoms with E-state index in [9.17, 15) is 0 Å². The lowest BCUT2D eigenvalue weighted by molar-refractivity contribution is 0.233. The highest BCUT2D eigenvalue weighted by Crippen LogP contribution is 2.32. The Labute approximate surface area is 133 Å². The second kappa shape index (κ2) is 7.00. The number of benzene rings is 2. The predicted molar refractivity (Wildman–Crippen MR) is 88.9 cm³/mol. The smallest absolute Gasteiger partial charge is 0.141 e. The van der Waals surface area contributed by atoms with Gasteiger partial charge in [0, 0.05) is 10.2 Å². The molecule has 1 atom stereocenters. The van der Waals surface area contributed by atoms with Gasteiger partial charge in [-0.2, -0.15) is 0 Å². The van der Waals surface area contributed by atoms with Crippen LogP contribution in [0, 0.1) is 6.92 Å². The summed E-state index contributed by atoms with van der Waals surface area (Å²) in [6.07, 6.45) is 0.0209.